The second-order valence-electron chi connectivity index (χ2n) is 4.57. The fourth-order valence-corrected chi connectivity index (χ4v) is 2.26. The molecule has 1 aliphatic heterocycles. The molecule has 0 bridgehead atoms. The Kier molecular flexibility index (Phi) is 4.15. The summed E-state index contributed by atoms with van der Waals surface area (Å²) in [6.07, 6.45) is 2.03. The van der Waals surface area contributed by atoms with Crippen molar-refractivity contribution in [3.63, 3.8) is 0 Å². The van der Waals surface area contributed by atoms with E-state index in [2.05, 4.69) is 29.2 Å². The zero-order valence-electron chi connectivity index (χ0n) is 10.3. The predicted octanol–water partition coefficient (Wildman–Crippen LogP) is 2.21. The molecule has 0 saturated carbocycles. The first kappa shape index (κ1) is 12.1. The van der Waals surface area contributed by atoms with E-state index in [0.29, 0.717) is 0 Å². The number of piperidine rings is 1. The van der Waals surface area contributed by atoms with E-state index in [9.17, 15) is 4.79 Å². The summed E-state index contributed by atoms with van der Waals surface area (Å²) in [5.41, 5.74) is 1.35. The van der Waals surface area contributed by atoms with E-state index in [1.54, 1.807) is 0 Å². The van der Waals surface area contributed by atoms with Crippen molar-refractivity contribution in [1.29, 1.82) is 0 Å². The predicted molar refractivity (Wildman–Crippen MR) is 66.5 cm³/mol. The Bertz CT molecular complexity index is 356. The molecule has 2 rings (SSSR count). The summed E-state index contributed by atoms with van der Waals surface area (Å²) in [5.74, 6) is -0.161. The van der Waals surface area contributed by atoms with Gasteiger partial charge in [-0.1, -0.05) is 30.3 Å². The molecule has 1 aliphatic rings. The lowest BCUT2D eigenvalue weighted by atomic mass is 10.1. The summed E-state index contributed by atoms with van der Waals surface area (Å²) in [4.78, 5) is 13.3. The Labute approximate surface area is 102 Å². The number of carbonyl (C=O) groups excluding carboxylic acids is 1. The normalized spacial score (nSPS) is 17.9. The van der Waals surface area contributed by atoms with Gasteiger partial charge in [0, 0.05) is 26.6 Å². The SMILES string of the molecule is CC(=O)OC1CCN(Cc2ccccc2)CC1. The maximum Gasteiger partial charge on any atom is 0.302 e. The zero-order chi connectivity index (χ0) is 12.1. The highest BCUT2D eigenvalue weighted by Gasteiger charge is 2.20. The Hall–Kier alpha value is -1.35. The highest BCUT2D eigenvalue weighted by molar-refractivity contribution is 5.66. The third kappa shape index (κ3) is 3.86. The first-order chi connectivity index (χ1) is 8.24. The molecular formula is C14H19NO2. The van der Waals surface area contributed by atoms with Gasteiger partial charge in [0.05, 0.1) is 0 Å². The number of esters is 1. The Morgan fingerprint density at radius 2 is 1.94 bits per heavy atom. The average Bonchev–Trinajstić information content (AvgIpc) is 2.32. The molecule has 1 fully saturated rings. The molecule has 3 nitrogen and oxygen atoms in total. The standard InChI is InChI=1S/C14H19NO2/c1-12(16)17-14-7-9-15(10-8-14)11-13-5-3-2-4-6-13/h2-6,14H,7-11H2,1H3. The van der Waals surface area contributed by atoms with E-state index in [1.807, 2.05) is 6.07 Å². The van der Waals surface area contributed by atoms with Gasteiger partial charge in [0.15, 0.2) is 0 Å². The van der Waals surface area contributed by atoms with Crippen molar-refractivity contribution >= 4 is 5.97 Å². The molecule has 1 heterocycles. The molecular weight excluding hydrogens is 214 g/mol. The number of hydrogen-bond donors (Lipinski definition) is 0. The minimum Gasteiger partial charge on any atom is -0.462 e. The van der Waals surface area contributed by atoms with E-state index < -0.39 is 0 Å². The minimum atomic E-state index is -0.161. The van der Waals surface area contributed by atoms with Crippen molar-refractivity contribution in [2.24, 2.45) is 0 Å². The maximum atomic E-state index is 10.8. The van der Waals surface area contributed by atoms with Crippen LogP contribution in [-0.2, 0) is 16.1 Å². The van der Waals surface area contributed by atoms with Crippen LogP contribution >= 0.6 is 0 Å². The van der Waals surface area contributed by atoms with E-state index in [0.717, 1.165) is 32.5 Å². The van der Waals surface area contributed by atoms with Crippen LogP contribution in [0.1, 0.15) is 25.3 Å². The third-order valence-corrected chi connectivity index (χ3v) is 3.12. The van der Waals surface area contributed by atoms with Gasteiger partial charge in [-0.25, -0.2) is 0 Å². The molecule has 1 saturated heterocycles. The van der Waals surface area contributed by atoms with Crippen molar-refractivity contribution in [2.75, 3.05) is 13.1 Å². The van der Waals surface area contributed by atoms with Crippen molar-refractivity contribution in [2.45, 2.75) is 32.4 Å². The molecule has 0 unspecified atom stereocenters. The summed E-state index contributed by atoms with van der Waals surface area (Å²) in [6, 6.07) is 10.5. The van der Waals surface area contributed by atoms with Crippen LogP contribution in [0.3, 0.4) is 0 Å². The lowest BCUT2D eigenvalue weighted by Crippen LogP contribution is -2.37. The summed E-state index contributed by atoms with van der Waals surface area (Å²) in [7, 11) is 0. The zero-order valence-corrected chi connectivity index (χ0v) is 10.3. The largest absolute Gasteiger partial charge is 0.462 e. The smallest absolute Gasteiger partial charge is 0.302 e. The van der Waals surface area contributed by atoms with Crippen LogP contribution in [-0.4, -0.2) is 30.1 Å². The molecule has 0 radical (unpaired) electrons. The number of nitrogens with zero attached hydrogens (tertiary/aromatic N) is 1. The van der Waals surface area contributed by atoms with Gasteiger partial charge in [0.1, 0.15) is 6.10 Å². The second kappa shape index (κ2) is 5.82. The van der Waals surface area contributed by atoms with Crippen molar-refractivity contribution in [3.05, 3.63) is 35.9 Å². The van der Waals surface area contributed by atoms with Gasteiger partial charge in [0.2, 0.25) is 0 Å². The summed E-state index contributed by atoms with van der Waals surface area (Å²) >= 11 is 0. The van der Waals surface area contributed by atoms with E-state index in [-0.39, 0.29) is 12.1 Å². The van der Waals surface area contributed by atoms with Crippen LogP contribution in [0.5, 0.6) is 0 Å². The van der Waals surface area contributed by atoms with Crippen LogP contribution in [0, 0.1) is 0 Å². The van der Waals surface area contributed by atoms with Gasteiger partial charge in [0.25, 0.3) is 0 Å². The lowest BCUT2D eigenvalue weighted by Gasteiger charge is -2.31. The molecule has 0 aromatic heterocycles. The number of carbonyl (C=O) groups is 1. The monoisotopic (exact) mass is 233 g/mol. The Balaban J connectivity index is 1.78. The summed E-state index contributed by atoms with van der Waals surface area (Å²) in [5, 5.41) is 0. The van der Waals surface area contributed by atoms with Crippen molar-refractivity contribution < 1.29 is 9.53 Å². The van der Waals surface area contributed by atoms with E-state index >= 15 is 0 Å². The van der Waals surface area contributed by atoms with E-state index in [4.69, 9.17) is 4.74 Å². The topological polar surface area (TPSA) is 29.5 Å². The molecule has 0 amide bonds. The number of hydrogen-bond acceptors (Lipinski definition) is 3. The van der Waals surface area contributed by atoms with Crippen molar-refractivity contribution in [3.8, 4) is 0 Å². The first-order valence-corrected chi connectivity index (χ1v) is 6.17. The quantitative estimate of drug-likeness (QED) is 0.750. The van der Waals surface area contributed by atoms with Crippen LogP contribution in [0.2, 0.25) is 0 Å². The first-order valence-electron chi connectivity index (χ1n) is 6.17. The van der Waals surface area contributed by atoms with Gasteiger partial charge < -0.3 is 4.74 Å². The molecule has 0 aliphatic carbocycles. The number of benzene rings is 1. The van der Waals surface area contributed by atoms with Crippen molar-refractivity contribution in [1.82, 2.24) is 4.90 Å². The Morgan fingerprint density at radius 3 is 2.53 bits per heavy atom. The van der Waals surface area contributed by atoms with Crippen LogP contribution in [0.4, 0.5) is 0 Å². The molecule has 17 heavy (non-hydrogen) atoms. The molecule has 1 aromatic rings. The van der Waals surface area contributed by atoms with Crippen LogP contribution < -0.4 is 0 Å². The molecule has 92 valence electrons. The van der Waals surface area contributed by atoms with E-state index in [1.165, 1.54) is 12.5 Å². The Morgan fingerprint density at radius 1 is 1.29 bits per heavy atom. The molecule has 0 atom stereocenters. The third-order valence-electron chi connectivity index (χ3n) is 3.12. The number of rotatable bonds is 3. The van der Waals surface area contributed by atoms with Crippen LogP contribution in [0.15, 0.2) is 30.3 Å². The van der Waals surface area contributed by atoms with Gasteiger partial charge >= 0.3 is 5.97 Å². The van der Waals surface area contributed by atoms with Gasteiger partial charge in [-0.3, -0.25) is 9.69 Å². The maximum absolute atomic E-state index is 10.8. The molecule has 3 heteroatoms. The fourth-order valence-electron chi connectivity index (χ4n) is 2.26. The minimum absolute atomic E-state index is 0.125. The molecule has 0 spiro atoms. The van der Waals surface area contributed by atoms with Gasteiger partial charge in [-0.05, 0) is 18.4 Å². The fraction of sp³-hybridized carbons (Fsp3) is 0.500. The van der Waals surface area contributed by atoms with Gasteiger partial charge in [-0.2, -0.15) is 0 Å². The number of ether oxygens (including phenoxy) is 1. The van der Waals surface area contributed by atoms with Crippen LogP contribution in [0.25, 0.3) is 0 Å². The number of likely N-dealkylation sites (tertiary alicyclic amines) is 1. The summed E-state index contributed by atoms with van der Waals surface area (Å²) in [6.45, 7) is 4.49. The highest BCUT2D eigenvalue weighted by atomic mass is 16.5. The molecule has 1 aromatic carbocycles. The summed E-state index contributed by atoms with van der Waals surface area (Å²) < 4.78 is 5.22. The second-order valence-corrected chi connectivity index (χ2v) is 4.57. The van der Waals surface area contributed by atoms with Gasteiger partial charge in [-0.15, -0.1) is 0 Å². The molecule has 0 N–H and O–H groups in total. The highest BCUT2D eigenvalue weighted by Crippen LogP contribution is 2.16. The lowest BCUT2D eigenvalue weighted by molar-refractivity contribution is -0.148. The average molecular weight is 233 g/mol.